The van der Waals surface area contributed by atoms with Crippen molar-refractivity contribution in [3.63, 3.8) is 0 Å². The molecule has 0 unspecified atom stereocenters. The van der Waals surface area contributed by atoms with Crippen LogP contribution >= 0.6 is 0 Å². The summed E-state index contributed by atoms with van der Waals surface area (Å²) in [5.41, 5.74) is 1.99. The fraction of sp³-hybridized carbons (Fsp3) is 0.400. The topological polar surface area (TPSA) is 80.0 Å². The number of fused-ring (bicyclic) bond motifs is 1. The van der Waals surface area contributed by atoms with Crippen LogP contribution in [0.5, 0.6) is 5.75 Å². The van der Waals surface area contributed by atoms with Gasteiger partial charge in [-0.2, -0.15) is 0 Å². The molecule has 1 saturated heterocycles. The van der Waals surface area contributed by atoms with Crippen LogP contribution in [0.15, 0.2) is 35.6 Å². The van der Waals surface area contributed by atoms with E-state index in [1.54, 1.807) is 25.5 Å². The summed E-state index contributed by atoms with van der Waals surface area (Å²) in [6.45, 7) is 4.19. The SMILES string of the molecule is CN=c1cc(N2CCOc3cc(C(=O)N4CCCC4)cnc32)ccn1C(C)=O. The Morgan fingerprint density at radius 1 is 1.18 bits per heavy atom. The molecule has 0 saturated carbocycles. The summed E-state index contributed by atoms with van der Waals surface area (Å²) in [4.78, 5) is 37.0. The van der Waals surface area contributed by atoms with Crippen LogP contribution in [0.1, 0.15) is 34.9 Å². The maximum Gasteiger partial charge on any atom is 0.255 e. The van der Waals surface area contributed by atoms with Gasteiger partial charge in [-0.05, 0) is 25.0 Å². The van der Waals surface area contributed by atoms with Crippen molar-refractivity contribution in [1.82, 2.24) is 14.5 Å². The van der Waals surface area contributed by atoms with Crippen LogP contribution in [0, 0.1) is 0 Å². The van der Waals surface area contributed by atoms with Crippen LogP contribution in [-0.4, -0.2) is 59.6 Å². The van der Waals surface area contributed by atoms with E-state index in [0.29, 0.717) is 35.8 Å². The molecule has 0 atom stereocenters. The van der Waals surface area contributed by atoms with Crippen molar-refractivity contribution in [1.29, 1.82) is 0 Å². The Balaban J connectivity index is 1.68. The molecule has 8 heteroatoms. The molecule has 8 nitrogen and oxygen atoms in total. The number of nitrogens with zero attached hydrogens (tertiary/aromatic N) is 5. The Morgan fingerprint density at radius 3 is 2.68 bits per heavy atom. The molecule has 28 heavy (non-hydrogen) atoms. The predicted octanol–water partition coefficient (Wildman–Crippen LogP) is 1.84. The van der Waals surface area contributed by atoms with E-state index in [9.17, 15) is 9.59 Å². The number of ether oxygens (including phenoxy) is 1. The first-order valence-electron chi connectivity index (χ1n) is 9.44. The zero-order valence-electron chi connectivity index (χ0n) is 16.1. The normalized spacial score (nSPS) is 16.7. The minimum atomic E-state index is -0.0993. The van der Waals surface area contributed by atoms with Crippen LogP contribution in [0.3, 0.4) is 0 Å². The molecule has 4 rings (SSSR count). The zero-order chi connectivity index (χ0) is 19.7. The molecule has 2 aliphatic rings. The van der Waals surface area contributed by atoms with Gasteiger partial charge in [-0.3, -0.25) is 19.1 Å². The highest BCUT2D eigenvalue weighted by atomic mass is 16.5. The second kappa shape index (κ2) is 7.46. The van der Waals surface area contributed by atoms with E-state index in [1.165, 1.54) is 11.5 Å². The molecule has 1 amide bonds. The first-order valence-corrected chi connectivity index (χ1v) is 9.44. The lowest BCUT2D eigenvalue weighted by Gasteiger charge is -2.30. The van der Waals surface area contributed by atoms with E-state index in [2.05, 4.69) is 9.98 Å². The first kappa shape index (κ1) is 18.2. The van der Waals surface area contributed by atoms with E-state index in [4.69, 9.17) is 4.74 Å². The molecule has 0 aromatic carbocycles. The summed E-state index contributed by atoms with van der Waals surface area (Å²) in [7, 11) is 1.65. The summed E-state index contributed by atoms with van der Waals surface area (Å²) >= 11 is 0. The third-order valence-electron chi connectivity index (χ3n) is 5.10. The number of aromatic nitrogens is 2. The van der Waals surface area contributed by atoms with E-state index in [-0.39, 0.29) is 11.8 Å². The number of hydrogen-bond acceptors (Lipinski definition) is 6. The molecule has 146 valence electrons. The van der Waals surface area contributed by atoms with Crippen LogP contribution in [-0.2, 0) is 0 Å². The number of rotatable bonds is 2. The number of pyridine rings is 2. The molecule has 1 fully saturated rings. The lowest BCUT2D eigenvalue weighted by atomic mass is 10.2. The third-order valence-corrected chi connectivity index (χ3v) is 5.10. The van der Waals surface area contributed by atoms with Crippen LogP contribution in [0.2, 0.25) is 0 Å². The van der Waals surface area contributed by atoms with Crippen molar-refractivity contribution in [3.05, 3.63) is 41.6 Å². The molecule has 2 aromatic rings. The molecule has 4 heterocycles. The van der Waals surface area contributed by atoms with E-state index < -0.39 is 0 Å². The fourth-order valence-corrected chi connectivity index (χ4v) is 3.65. The molecule has 2 aliphatic heterocycles. The van der Waals surface area contributed by atoms with Gasteiger partial charge in [-0.25, -0.2) is 4.98 Å². The highest BCUT2D eigenvalue weighted by Gasteiger charge is 2.25. The average Bonchev–Trinajstić information content (AvgIpc) is 3.26. The van der Waals surface area contributed by atoms with E-state index in [1.807, 2.05) is 21.9 Å². The number of amides is 1. The Morgan fingerprint density at radius 2 is 1.96 bits per heavy atom. The molecule has 0 radical (unpaired) electrons. The monoisotopic (exact) mass is 381 g/mol. The number of carbonyl (C=O) groups excluding carboxylic acids is 2. The standard InChI is InChI=1S/C20H23N5O3/c1-14(26)24-8-5-16(12-18(24)21-2)25-9-10-28-17-11-15(13-22-19(17)25)20(27)23-6-3-4-7-23/h5,8,11-13H,3-4,6-7,9-10H2,1-2H3. The molecule has 2 aromatic heterocycles. The summed E-state index contributed by atoms with van der Waals surface area (Å²) < 4.78 is 7.29. The van der Waals surface area contributed by atoms with Gasteiger partial charge in [0.25, 0.3) is 5.91 Å². The summed E-state index contributed by atoms with van der Waals surface area (Å²) in [5.74, 6) is 1.15. The summed E-state index contributed by atoms with van der Waals surface area (Å²) in [6.07, 6.45) is 5.42. The van der Waals surface area contributed by atoms with Gasteiger partial charge < -0.3 is 14.5 Å². The number of likely N-dealkylation sites (tertiary alicyclic amines) is 1. The zero-order valence-corrected chi connectivity index (χ0v) is 16.1. The Labute approximate surface area is 163 Å². The van der Waals surface area contributed by atoms with Gasteiger partial charge in [-0.1, -0.05) is 0 Å². The molecule has 0 N–H and O–H groups in total. The Kier molecular flexibility index (Phi) is 4.85. The molecular weight excluding hydrogens is 358 g/mol. The molecule has 0 bridgehead atoms. The maximum absolute atomic E-state index is 12.6. The third kappa shape index (κ3) is 3.26. The highest BCUT2D eigenvalue weighted by molar-refractivity contribution is 5.95. The quantitative estimate of drug-likeness (QED) is 0.793. The lowest BCUT2D eigenvalue weighted by Crippen LogP contribution is -2.33. The van der Waals surface area contributed by atoms with Crippen molar-refractivity contribution in [2.75, 3.05) is 38.2 Å². The van der Waals surface area contributed by atoms with Gasteiger partial charge in [0.2, 0.25) is 5.91 Å². The highest BCUT2D eigenvalue weighted by Crippen LogP contribution is 2.35. The molecular formula is C20H23N5O3. The predicted molar refractivity (Wildman–Crippen MR) is 104 cm³/mol. The molecule has 0 spiro atoms. The second-order valence-electron chi connectivity index (χ2n) is 6.90. The fourth-order valence-electron chi connectivity index (χ4n) is 3.65. The number of carbonyl (C=O) groups is 2. The van der Waals surface area contributed by atoms with Crippen LogP contribution < -0.4 is 15.1 Å². The molecule has 0 aliphatic carbocycles. The van der Waals surface area contributed by atoms with Crippen molar-refractivity contribution in [2.45, 2.75) is 19.8 Å². The summed E-state index contributed by atoms with van der Waals surface area (Å²) in [6, 6.07) is 5.48. The van der Waals surface area contributed by atoms with Gasteiger partial charge >= 0.3 is 0 Å². The van der Waals surface area contributed by atoms with Crippen molar-refractivity contribution >= 4 is 23.3 Å². The van der Waals surface area contributed by atoms with Crippen molar-refractivity contribution < 1.29 is 14.3 Å². The van der Waals surface area contributed by atoms with Gasteiger partial charge in [0.15, 0.2) is 11.6 Å². The number of anilines is 2. The van der Waals surface area contributed by atoms with Gasteiger partial charge in [0.05, 0.1) is 12.1 Å². The van der Waals surface area contributed by atoms with Crippen molar-refractivity contribution in [2.24, 2.45) is 4.99 Å². The minimum absolute atomic E-state index is 0.00260. The summed E-state index contributed by atoms with van der Waals surface area (Å²) in [5, 5.41) is 0. The van der Waals surface area contributed by atoms with E-state index >= 15 is 0 Å². The van der Waals surface area contributed by atoms with Gasteiger partial charge in [-0.15, -0.1) is 0 Å². The average molecular weight is 381 g/mol. The minimum Gasteiger partial charge on any atom is -0.488 e. The van der Waals surface area contributed by atoms with Crippen LogP contribution in [0.25, 0.3) is 0 Å². The largest absolute Gasteiger partial charge is 0.488 e. The first-order chi connectivity index (χ1) is 13.6. The maximum atomic E-state index is 12.6. The smallest absolute Gasteiger partial charge is 0.255 e. The van der Waals surface area contributed by atoms with E-state index in [0.717, 1.165) is 31.6 Å². The van der Waals surface area contributed by atoms with Crippen molar-refractivity contribution in [3.8, 4) is 5.75 Å². The van der Waals surface area contributed by atoms with Crippen LogP contribution in [0.4, 0.5) is 11.5 Å². The Hall–Kier alpha value is -3.16. The lowest BCUT2D eigenvalue weighted by molar-refractivity contribution is 0.0791. The van der Waals surface area contributed by atoms with Gasteiger partial charge in [0, 0.05) is 51.2 Å². The van der Waals surface area contributed by atoms with Gasteiger partial charge in [0.1, 0.15) is 12.1 Å². The Bertz CT molecular complexity index is 992. The number of hydrogen-bond donors (Lipinski definition) is 0. The second-order valence-corrected chi connectivity index (χ2v) is 6.90.